The van der Waals surface area contributed by atoms with E-state index >= 15 is 0 Å². The fourth-order valence-corrected chi connectivity index (χ4v) is 4.50. The van der Waals surface area contributed by atoms with Crippen LogP contribution in [0.15, 0.2) is 41.3 Å². The van der Waals surface area contributed by atoms with E-state index in [0.29, 0.717) is 43.6 Å². The molecular weight excluding hydrogens is 524 g/mol. The van der Waals surface area contributed by atoms with E-state index in [2.05, 4.69) is 0 Å². The molecule has 0 saturated carbocycles. The van der Waals surface area contributed by atoms with Crippen molar-refractivity contribution >= 4 is 46.3 Å². The van der Waals surface area contributed by atoms with Crippen molar-refractivity contribution in [2.45, 2.75) is 0 Å². The van der Waals surface area contributed by atoms with Crippen molar-refractivity contribution in [3.8, 4) is 17.2 Å². The van der Waals surface area contributed by atoms with Crippen LogP contribution in [0.3, 0.4) is 0 Å². The van der Waals surface area contributed by atoms with Crippen LogP contribution in [0.4, 0.5) is 16.2 Å². The summed E-state index contributed by atoms with van der Waals surface area (Å²) < 4.78 is 16.1. The molecule has 0 spiro atoms. The number of morpholine rings is 1. The summed E-state index contributed by atoms with van der Waals surface area (Å²) in [5.41, 5.74) is -0.708. The van der Waals surface area contributed by atoms with Crippen LogP contribution in [0.25, 0.3) is 6.08 Å². The number of rotatable bonds is 8. The molecule has 2 aromatic rings. The normalized spacial score (nSPS) is 16.6. The van der Waals surface area contributed by atoms with Gasteiger partial charge >= 0.3 is 5.69 Å². The van der Waals surface area contributed by atoms with Gasteiger partial charge in [0.15, 0.2) is 11.5 Å². The molecule has 2 aliphatic heterocycles. The number of non-ortho nitro benzene ring substituents is 1. The molecule has 4 rings (SSSR count). The lowest BCUT2D eigenvalue weighted by molar-refractivity contribution is -0.394. The molecule has 2 fully saturated rings. The van der Waals surface area contributed by atoms with Gasteiger partial charge in [-0.2, -0.15) is 0 Å². The Morgan fingerprint density at radius 1 is 1.05 bits per heavy atom. The molecule has 0 aromatic heterocycles. The zero-order chi connectivity index (χ0) is 27.4. The number of nitrogens with zero attached hydrogens (tertiary/aromatic N) is 4. The van der Waals surface area contributed by atoms with Crippen LogP contribution >= 0.6 is 11.8 Å². The Balaban J connectivity index is 1.57. The van der Waals surface area contributed by atoms with Crippen molar-refractivity contribution in [2.24, 2.45) is 0 Å². The van der Waals surface area contributed by atoms with Gasteiger partial charge in [0.05, 0.1) is 41.1 Å². The van der Waals surface area contributed by atoms with Gasteiger partial charge in [0.2, 0.25) is 11.7 Å². The highest BCUT2D eigenvalue weighted by molar-refractivity contribution is 8.18. The second-order valence-electron chi connectivity index (χ2n) is 7.94. The monoisotopic (exact) mass is 544 g/mol. The average Bonchev–Trinajstić information content (AvgIpc) is 3.16. The molecule has 2 heterocycles. The minimum absolute atomic E-state index is 0.0277. The molecule has 15 heteroatoms. The Morgan fingerprint density at radius 2 is 1.76 bits per heavy atom. The van der Waals surface area contributed by atoms with Crippen LogP contribution in [0.5, 0.6) is 17.2 Å². The summed E-state index contributed by atoms with van der Waals surface area (Å²) in [5, 5.41) is 21.9. The zero-order valence-corrected chi connectivity index (χ0v) is 20.7. The number of hydrogen-bond donors (Lipinski definition) is 0. The van der Waals surface area contributed by atoms with Gasteiger partial charge in [0, 0.05) is 19.2 Å². The van der Waals surface area contributed by atoms with E-state index in [-0.39, 0.29) is 34.6 Å². The molecule has 0 N–H and O–H groups in total. The molecule has 198 valence electrons. The van der Waals surface area contributed by atoms with Gasteiger partial charge in [-0.05, 0) is 41.6 Å². The number of nitro benzene ring substituents is 2. The zero-order valence-electron chi connectivity index (χ0n) is 19.9. The summed E-state index contributed by atoms with van der Waals surface area (Å²) in [5.74, 6) is -1.04. The molecule has 0 radical (unpaired) electrons. The molecule has 0 unspecified atom stereocenters. The third-order valence-electron chi connectivity index (χ3n) is 5.59. The highest BCUT2D eigenvalue weighted by Gasteiger charge is 2.37. The number of methoxy groups -OCH3 is 1. The van der Waals surface area contributed by atoms with E-state index in [1.54, 1.807) is 6.07 Å². The van der Waals surface area contributed by atoms with Crippen LogP contribution in [0, 0.1) is 20.2 Å². The molecule has 0 bridgehead atoms. The van der Waals surface area contributed by atoms with Crippen LogP contribution in [-0.4, -0.2) is 76.7 Å². The second-order valence-corrected chi connectivity index (χ2v) is 8.93. The van der Waals surface area contributed by atoms with Crippen molar-refractivity contribution in [3.05, 3.63) is 67.1 Å². The lowest BCUT2D eigenvalue weighted by Gasteiger charge is -2.28. The Labute approximate surface area is 219 Å². The summed E-state index contributed by atoms with van der Waals surface area (Å²) in [7, 11) is 1.35. The smallest absolute Gasteiger partial charge is 0.318 e. The van der Waals surface area contributed by atoms with Gasteiger partial charge in [-0.15, -0.1) is 0 Å². The van der Waals surface area contributed by atoms with Gasteiger partial charge in [0.1, 0.15) is 6.54 Å². The number of imide groups is 1. The Kier molecular flexibility index (Phi) is 7.87. The summed E-state index contributed by atoms with van der Waals surface area (Å²) >= 11 is 0.674. The van der Waals surface area contributed by atoms with E-state index in [1.165, 1.54) is 30.2 Å². The number of amides is 3. The van der Waals surface area contributed by atoms with Crippen molar-refractivity contribution in [1.82, 2.24) is 9.80 Å². The van der Waals surface area contributed by atoms with Gasteiger partial charge in [-0.25, -0.2) is 0 Å². The summed E-state index contributed by atoms with van der Waals surface area (Å²) in [6.45, 7) is 1.15. The lowest BCUT2D eigenvalue weighted by Crippen LogP contribution is -2.46. The number of benzene rings is 2. The predicted molar refractivity (Wildman–Crippen MR) is 133 cm³/mol. The van der Waals surface area contributed by atoms with Crippen molar-refractivity contribution in [2.75, 3.05) is 40.0 Å². The third kappa shape index (κ3) is 5.73. The summed E-state index contributed by atoms with van der Waals surface area (Å²) in [6.07, 6.45) is 1.42. The second kappa shape index (κ2) is 11.3. The fraction of sp³-hybridized carbons (Fsp3) is 0.261. The molecule has 0 aliphatic carbocycles. The first-order valence-electron chi connectivity index (χ1n) is 11.1. The van der Waals surface area contributed by atoms with E-state index in [0.717, 1.165) is 23.1 Å². The van der Waals surface area contributed by atoms with Crippen LogP contribution in [0.1, 0.15) is 5.56 Å². The Bertz CT molecular complexity index is 1360. The van der Waals surface area contributed by atoms with Crippen molar-refractivity contribution in [3.63, 3.8) is 0 Å². The maximum atomic E-state index is 12.9. The van der Waals surface area contributed by atoms with Gasteiger partial charge < -0.3 is 19.1 Å². The SMILES string of the molecule is COc1ccc(/C=C2\SC(=O)N(CC(=O)N3CCOCC3)C2=O)cc1Oc1ccc([N+](=O)[O-])cc1[N+](=O)[O-]. The number of thioether (sulfide) groups is 1. The minimum Gasteiger partial charge on any atom is -0.493 e. The van der Waals surface area contributed by atoms with E-state index in [4.69, 9.17) is 14.2 Å². The van der Waals surface area contributed by atoms with Crippen molar-refractivity contribution in [1.29, 1.82) is 0 Å². The summed E-state index contributed by atoms with van der Waals surface area (Å²) in [4.78, 5) is 61.2. The molecule has 14 nitrogen and oxygen atoms in total. The van der Waals surface area contributed by atoms with Gasteiger partial charge in [0.25, 0.3) is 16.8 Å². The number of hydrogen-bond acceptors (Lipinski definition) is 11. The molecule has 2 saturated heterocycles. The molecule has 0 atom stereocenters. The lowest BCUT2D eigenvalue weighted by atomic mass is 10.1. The first-order chi connectivity index (χ1) is 18.2. The van der Waals surface area contributed by atoms with Gasteiger partial charge in [-0.1, -0.05) is 6.07 Å². The number of carbonyl (C=O) groups excluding carboxylic acids is 3. The minimum atomic E-state index is -0.813. The fourth-order valence-electron chi connectivity index (χ4n) is 3.67. The highest BCUT2D eigenvalue weighted by atomic mass is 32.2. The average molecular weight is 544 g/mol. The quantitative estimate of drug-likeness (QED) is 0.271. The number of ether oxygens (including phenoxy) is 3. The molecule has 2 aliphatic rings. The van der Waals surface area contributed by atoms with E-state index in [9.17, 15) is 34.6 Å². The van der Waals surface area contributed by atoms with Crippen LogP contribution in [-0.2, 0) is 14.3 Å². The highest BCUT2D eigenvalue weighted by Crippen LogP contribution is 2.39. The van der Waals surface area contributed by atoms with Gasteiger partial charge in [-0.3, -0.25) is 39.5 Å². The standard InChI is InChI=1S/C23H20N4O10S/c1-35-18-4-2-14(10-19(18)37-17-5-3-15(26(31)32)12-16(17)27(33)34)11-20-22(29)25(23(30)38-20)13-21(28)24-6-8-36-9-7-24/h2-5,10-12H,6-9,13H2,1H3/b20-11-. The number of carbonyl (C=O) groups is 3. The first kappa shape index (κ1) is 26.6. The third-order valence-corrected chi connectivity index (χ3v) is 6.49. The number of nitro groups is 2. The maximum absolute atomic E-state index is 12.9. The topological polar surface area (TPSA) is 172 Å². The summed E-state index contributed by atoms with van der Waals surface area (Å²) in [6, 6.07) is 7.43. The molecular formula is C23H20N4O10S. The first-order valence-corrected chi connectivity index (χ1v) is 11.9. The van der Waals surface area contributed by atoms with E-state index < -0.39 is 32.4 Å². The maximum Gasteiger partial charge on any atom is 0.318 e. The predicted octanol–water partition coefficient (Wildman–Crippen LogP) is 3.20. The molecule has 2 aromatic carbocycles. The molecule has 38 heavy (non-hydrogen) atoms. The van der Waals surface area contributed by atoms with Crippen LogP contribution < -0.4 is 9.47 Å². The Hall–Kier alpha value is -4.50. The molecule has 3 amide bonds. The van der Waals surface area contributed by atoms with Crippen LogP contribution in [0.2, 0.25) is 0 Å². The van der Waals surface area contributed by atoms with E-state index in [1.807, 2.05) is 0 Å². The Morgan fingerprint density at radius 3 is 2.42 bits per heavy atom. The van der Waals surface area contributed by atoms with Crippen molar-refractivity contribution < 1.29 is 38.4 Å². The largest absolute Gasteiger partial charge is 0.493 e.